The van der Waals surface area contributed by atoms with Crippen molar-refractivity contribution >= 4 is 82.9 Å². The minimum Gasteiger partial charge on any atom is -0.456 e. The van der Waals surface area contributed by atoms with Crippen LogP contribution in [0.5, 0.6) is 0 Å². The maximum atomic E-state index is 6.95. The van der Waals surface area contributed by atoms with Gasteiger partial charge in [0.1, 0.15) is 22.3 Å². The lowest BCUT2D eigenvalue weighted by molar-refractivity contribution is 0.666. The zero-order chi connectivity index (χ0) is 34.2. The number of hydrogen-bond donors (Lipinski definition) is 0. The molecule has 3 heterocycles. The van der Waals surface area contributed by atoms with Crippen LogP contribution in [0.3, 0.4) is 0 Å². The van der Waals surface area contributed by atoms with Crippen molar-refractivity contribution in [2.45, 2.75) is 0 Å². The van der Waals surface area contributed by atoms with Crippen LogP contribution in [0.15, 0.2) is 189 Å². The van der Waals surface area contributed by atoms with Crippen LogP contribution in [0.1, 0.15) is 0 Å². The quantitative estimate of drug-likeness (QED) is 0.183. The molecule has 0 aliphatic carbocycles. The molecule has 244 valence electrons. The number of nitrogens with zero attached hydrogens (tertiary/aromatic N) is 1. The Bertz CT molecular complexity index is 3130. The Morgan fingerprint density at radius 2 is 0.827 bits per heavy atom. The van der Waals surface area contributed by atoms with Gasteiger partial charge in [0.25, 0.3) is 0 Å². The second kappa shape index (κ2) is 11.2. The van der Waals surface area contributed by atoms with Crippen LogP contribution in [0.4, 0.5) is 17.1 Å². The summed E-state index contributed by atoms with van der Waals surface area (Å²) in [7, 11) is 0. The lowest BCUT2D eigenvalue weighted by Crippen LogP contribution is -2.10. The van der Waals surface area contributed by atoms with Crippen molar-refractivity contribution in [1.82, 2.24) is 0 Å². The van der Waals surface area contributed by atoms with Crippen LogP contribution >= 0.6 is 0 Å². The summed E-state index contributed by atoms with van der Waals surface area (Å²) in [4.78, 5) is 2.27. The first-order chi connectivity index (χ1) is 25.8. The van der Waals surface area contributed by atoms with Crippen molar-refractivity contribution in [2.75, 3.05) is 4.90 Å². The molecule has 11 aromatic rings. The number of furan rings is 3. The number of benzene rings is 8. The third-order valence-electron chi connectivity index (χ3n) is 10.3. The van der Waals surface area contributed by atoms with Gasteiger partial charge in [-0.05, 0) is 59.2 Å². The molecule has 0 unspecified atom stereocenters. The van der Waals surface area contributed by atoms with Gasteiger partial charge in [0.15, 0.2) is 11.2 Å². The second-order valence-electron chi connectivity index (χ2n) is 13.2. The zero-order valence-electron chi connectivity index (χ0n) is 27.9. The first-order valence-corrected chi connectivity index (χ1v) is 17.5. The minimum absolute atomic E-state index is 0.813. The van der Waals surface area contributed by atoms with E-state index in [-0.39, 0.29) is 0 Å². The molecule has 0 spiro atoms. The molecule has 0 fully saturated rings. The molecule has 0 amide bonds. The van der Waals surface area contributed by atoms with Crippen molar-refractivity contribution in [3.8, 4) is 22.3 Å². The average molecular weight is 668 g/mol. The molecule has 0 bridgehead atoms. The SMILES string of the molecule is c1ccc(-c2cccc3c2oc2c(N(c4ccc(-c5cccc6oc7ccccc7c56)cc4)c4cccc5c4oc4ccccc45)cccc23)cc1. The second-order valence-corrected chi connectivity index (χ2v) is 13.2. The molecule has 0 atom stereocenters. The van der Waals surface area contributed by atoms with E-state index in [4.69, 9.17) is 13.3 Å². The molecule has 4 nitrogen and oxygen atoms in total. The van der Waals surface area contributed by atoms with Gasteiger partial charge in [-0.15, -0.1) is 0 Å². The highest BCUT2D eigenvalue weighted by molar-refractivity contribution is 6.16. The summed E-state index contributed by atoms with van der Waals surface area (Å²) < 4.78 is 19.8. The van der Waals surface area contributed by atoms with Gasteiger partial charge >= 0.3 is 0 Å². The van der Waals surface area contributed by atoms with Crippen molar-refractivity contribution in [2.24, 2.45) is 0 Å². The third-order valence-corrected chi connectivity index (χ3v) is 10.3. The Morgan fingerprint density at radius 1 is 0.308 bits per heavy atom. The van der Waals surface area contributed by atoms with Crippen LogP contribution in [0, 0.1) is 0 Å². The first-order valence-electron chi connectivity index (χ1n) is 17.5. The molecular formula is C48H29NO3. The smallest absolute Gasteiger partial charge is 0.159 e. The minimum atomic E-state index is 0.813. The fraction of sp³-hybridized carbons (Fsp3) is 0. The third kappa shape index (κ3) is 4.28. The van der Waals surface area contributed by atoms with E-state index in [0.717, 1.165) is 105 Å². The molecule has 11 rings (SSSR count). The highest BCUT2D eigenvalue weighted by atomic mass is 16.3. The Kier molecular flexibility index (Phi) is 6.22. The van der Waals surface area contributed by atoms with E-state index >= 15 is 0 Å². The van der Waals surface area contributed by atoms with Gasteiger partial charge in [-0.1, -0.05) is 133 Å². The van der Waals surface area contributed by atoms with E-state index in [9.17, 15) is 0 Å². The van der Waals surface area contributed by atoms with Crippen LogP contribution in [0.25, 0.3) is 88.1 Å². The summed E-state index contributed by atoms with van der Waals surface area (Å²) in [5, 5.41) is 6.52. The molecule has 0 radical (unpaired) electrons. The van der Waals surface area contributed by atoms with Gasteiger partial charge in [-0.3, -0.25) is 0 Å². The molecule has 0 aliphatic rings. The van der Waals surface area contributed by atoms with Gasteiger partial charge in [-0.2, -0.15) is 0 Å². The molecule has 0 N–H and O–H groups in total. The predicted octanol–water partition coefficient (Wildman–Crippen LogP) is 14.2. The molecule has 0 saturated carbocycles. The van der Waals surface area contributed by atoms with Crippen molar-refractivity contribution in [3.63, 3.8) is 0 Å². The van der Waals surface area contributed by atoms with Gasteiger partial charge in [0.05, 0.1) is 11.4 Å². The lowest BCUT2D eigenvalue weighted by Gasteiger charge is -2.25. The summed E-state index contributed by atoms with van der Waals surface area (Å²) in [5.74, 6) is 0. The normalized spacial score (nSPS) is 11.8. The maximum Gasteiger partial charge on any atom is 0.159 e. The summed E-state index contributed by atoms with van der Waals surface area (Å²) in [6.07, 6.45) is 0. The number of fused-ring (bicyclic) bond motifs is 9. The number of rotatable bonds is 5. The molecule has 3 aromatic heterocycles. The number of hydrogen-bond acceptors (Lipinski definition) is 4. The van der Waals surface area contributed by atoms with E-state index < -0.39 is 0 Å². The van der Waals surface area contributed by atoms with Crippen molar-refractivity contribution < 1.29 is 13.3 Å². The summed E-state index contributed by atoms with van der Waals surface area (Å²) >= 11 is 0. The largest absolute Gasteiger partial charge is 0.456 e. The number of para-hydroxylation sites is 5. The highest BCUT2D eigenvalue weighted by Crippen LogP contribution is 2.47. The molecule has 0 aliphatic heterocycles. The van der Waals surface area contributed by atoms with E-state index in [2.05, 4.69) is 144 Å². The Balaban J connectivity index is 1.15. The molecule has 4 heteroatoms. The molecular weight excluding hydrogens is 639 g/mol. The van der Waals surface area contributed by atoms with Crippen LogP contribution in [0.2, 0.25) is 0 Å². The summed E-state index contributed by atoms with van der Waals surface area (Å²) in [6, 6.07) is 61.1. The zero-order valence-corrected chi connectivity index (χ0v) is 27.9. The summed E-state index contributed by atoms with van der Waals surface area (Å²) in [6.45, 7) is 0. The Hall–Kier alpha value is -7.04. The Morgan fingerprint density at radius 3 is 1.60 bits per heavy atom. The predicted molar refractivity (Wildman–Crippen MR) is 214 cm³/mol. The van der Waals surface area contributed by atoms with E-state index in [0.29, 0.717) is 0 Å². The van der Waals surface area contributed by atoms with Gasteiger partial charge in [0, 0.05) is 43.6 Å². The summed E-state index contributed by atoms with van der Waals surface area (Å²) in [5.41, 5.74) is 12.4. The Labute approximate surface area is 298 Å². The van der Waals surface area contributed by atoms with Gasteiger partial charge < -0.3 is 18.2 Å². The molecule has 0 saturated heterocycles. The molecule has 8 aromatic carbocycles. The number of anilines is 3. The van der Waals surface area contributed by atoms with Crippen LogP contribution in [-0.4, -0.2) is 0 Å². The van der Waals surface area contributed by atoms with E-state index in [1.807, 2.05) is 36.4 Å². The standard InChI is InChI=1S/C48H29NO3/c1-2-12-30(13-3-1)34-17-8-18-37-38-20-10-22-41(48(38)52-46(34)37)49(40-21-9-19-36-35-14-4-6-23-42(35)51-47(36)40)32-28-26-31(27-29-32)33-16-11-25-44-45(33)39-15-5-7-24-43(39)50-44/h1-29H. The fourth-order valence-corrected chi connectivity index (χ4v) is 7.95. The topological polar surface area (TPSA) is 42.7 Å². The van der Waals surface area contributed by atoms with Crippen molar-refractivity contribution in [1.29, 1.82) is 0 Å². The van der Waals surface area contributed by atoms with Crippen LogP contribution in [-0.2, 0) is 0 Å². The average Bonchev–Trinajstić information content (AvgIpc) is 3.91. The van der Waals surface area contributed by atoms with Gasteiger partial charge in [0.2, 0.25) is 0 Å². The maximum absolute atomic E-state index is 6.95. The fourth-order valence-electron chi connectivity index (χ4n) is 7.95. The highest BCUT2D eigenvalue weighted by Gasteiger charge is 2.24. The van der Waals surface area contributed by atoms with Crippen molar-refractivity contribution in [3.05, 3.63) is 176 Å². The van der Waals surface area contributed by atoms with Crippen LogP contribution < -0.4 is 4.90 Å². The van der Waals surface area contributed by atoms with Gasteiger partial charge in [-0.25, -0.2) is 0 Å². The van der Waals surface area contributed by atoms with E-state index in [1.165, 1.54) is 0 Å². The lowest BCUT2D eigenvalue weighted by atomic mass is 9.99. The molecule has 52 heavy (non-hydrogen) atoms. The monoisotopic (exact) mass is 667 g/mol. The van der Waals surface area contributed by atoms with E-state index in [1.54, 1.807) is 0 Å². The first kappa shape index (κ1) is 28.8.